The van der Waals surface area contributed by atoms with Crippen molar-refractivity contribution in [1.29, 1.82) is 0 Å². The first kappa shape index (κ1) is 14.1. The number of amides is 1. The Kier molecular flexibility index (Phi) is 4.58. The van der Waals surface area contributed by atoms with Crippen LogP contribution in [0.3, 0.4) is 0 Å². The first-order valence-corrected chi connectivity index (χ1v) is 7.07. The molecule has 5 nitrogen and oxygen atoms in total. The quantitative estimate of drug-likeness (QED) is 0.887. The molecule has 106 valence electrons. The summed E-state index contributed by atoms with van der Waals surface area (Å²) in [6, 6.07) is 0. The summed E-state index contributed by atoms with van der Waals surface area (Å²) in [4.78, 5) is 14.0. The van der Waals surface area contributed by atoms with Gasteiger partial charge in [0.25, 0.3) is 0 Å². The number of hydrogen-bond acceptors (Lipinski definition) is 3. The summed E-state index contributed by atoms with van der Waals surface area (Å²) >= 11 is 0. The molecule has 0 unspecified atom stereocenters. The van der Waals surface area contributed by atoms with Gasteiger partial charge in [0.1, 0.15) is 0 Å². The molecular formula is C14H24N4O. The van der Waals surface area contributed by atoms with Crippen LogP contribution in [0, 0.1) is 13.8 Å². The molecule has 1 saturated heterocycles. The van der Waals surface area contributed by atoms with Crippen LogP contribution in [-0.2, 0) is 18.4 Å². The molecule has 1 amide bonds. The zero-order valence-electron chi connectivity index (χ0n) is 12.2. The summed E-state index contributed by atoms with van der Waals surface area (Å²) in [5.41, 5.74) is 3.40. The van der Waals surface area contributed by atoms with Crippen molar-refractivity contribution in [3.05, 3.63) is 17.0 Å². The van der Waals surface area contributed by atoms with Crippen LogP contribution in [0.15, 0.2) is 0 Å². The van der Waals surface area contributed by atoms with Gasteiger partial charge in [-0.3, -0.25) is 9.48 Å². The number of carbonyl (C=O) groups excluding carboxylic acids is 1. The summed E-state index contributed by atoms with van der Waals surface area (Å²) in [5, 5.41) is 7.63. The molecule has 1 aromatic heterocycles. The first-order chi connectivity index (χ1) is 9.09. The van der Waals surface area contributed by atoms with Crippen molar-refractivity contribution in [3.8, 4) is 0 Å². The minimum absolute atomic E-state index is 0.221. The van der Waals surface area contributed by atoms with Gasteiger partial charge in [-0.05, 0) is 33.1 Å². The molecule has 1 aromatic rings. The molecule has 0 aliphatic carbocycles. The highest BCUT2D eigenvalue weighted by Crippen LogP contribution is 2.11. The minimum atomic E-state index is 0.221. The Morgan fingerprint density at radius 1 is 1.26 bits per heavy atom. The number of aromatic nitrogens is 2. The normalized spacial score (nSPS) is 15.8. The predicted octanol–water partition coefficient (Wildman–Crippen LogP) is 1.14. The number of rotatable bonds is 4. The predicted molar refractivity (Wildman–Crippen MR) is 74.8 cm³/mol. The number of likely N-dealkylation sites (tertiary alicyclic amines) is 1. The van der Waals surface area contributed by atoms with Gasteiger partial charge in [-0.25, -0.2) is 0 Å². The largest absolute Gasteiger partial charge is 0.342 e. The van der Waals surface area contributed by atoms with E-state index in [1.165, 1.54) is 12.0 Å². The molecular weight excluding hydrogens is 240 g/mol. The standard InChI is InChI=1S/C14H24N4O/c1-11-13(12(2)17(3)16-11)9-15-10-14(19)18-7-5-4-6-8-18/h15H,4-10H2,1-3H3. The fourth-order valence-electron chi connectivity index (χ4n) is 2.62. The van der Waals surface area contributed by atoms with Gasteiger partial charge >= 0.3 is 0 Å². The van der Waals surface area contributed by atoms with Crippen LogP contribution in [0.4, 0.5) is 0 Å². The second kappa shape index (κ2) is 6.19. The fraction of sp³-hybridized carbons (Fsp3) is 0.714. The van der Waals surface area contributed by atoms with Crippen LogP contribution >= 0.6 is 0 Å². The maximum Gasteiger partial charge on any atom is 0.236 e. The van der Waals surface area contributed by atoms with E-state index in [1.807, 2.05) is 23.6 Å². The van der Waals surface area contributed by atoms with Gasteiger partial charge < -0.3 is 10.2 Å². The fourth-order valence-corrected chi connectivity index (χ4v) is 2.62. The Balaban J connectivity index is 1.81. The van der Waals surface area contributed by atoms with E-state index >= 15 is 0 Å². The summed E-state index contributed by atoms with van der Waals surface area (Å²) in [6.07, 6.45) is 3.55. The van der Waals surface area contributed by atoms with Crippen molar-refractivity contribution < 1.29 is 4.79 Å². The molecule has 2 rings (SSSR count). The van der Waals surface area contributed by atoms with Gasteiger partial charge in [-0.1, -0.05) is 0 Å². The second-order valence-electron chi connectivity index (χ2n) is 5.32. The van der Waals surface area contributed by atoms with E-state index in [4.69, 9.17) is 0 Å². The maximum atomic E-state index is 12.0. The third-order valence-corrected chi connectivity index (χ3v) is 3.95. The first-order valence-electron chi connectivity index (χ1n) is 7.07. The number of nitrogens with one attached hydrogen (secondary N) is 1. The molecule has 1 fully saturated rings. The monoisotopic (exact) mass is 264 g/mol. The Morgan fingerprint density at radius 3 is 2.53 bits per heavy atom. The van der Waals surface area contributed by atoms with Crippen molar-refractivity contribution in [2.24, 2.45) is 7.05 Å². The lowest BCUT2D eigenvalue weighted by Crippen LogP contribution is -2.41. The molecule has 5 heteroatoms. The highest BCUT2D eigenvalue weighted by atomic mass is 16.2. The molecule has 19 heavy (non-hydrogen) atoms. The van der Waals surface area contributed by atoms with Crippen molar-refractivity contribution in [1.82, 2.24) is 20.0 Å². The van der Waals surface area contributed by atoms with Crippen molar-refractivity contribution in [2.75, 3.05) is 19.6 Å². The van der Waals surface area contributed by atoms with Gasteiger partial charge in [0.2, 0.25) is 5.91 Å². The van der Waals surface area contributed by atoms with E-state index in [2.05, 4.69) is 17.3 Å². The number of piperidine rings is 1. The van der Waals surface area contributed by atoms with Gasteiger partial charge in [0.15, 0.2) is 0 Å². The molecule has 0 bridgehead atoms. The smallest absolute Gasteiger partial charge is 0.236 e. The van der Waals surface area contributed by atoms with Crippen molar-refractivity contribution in [3.63, 3.8) is 0 Å². The lowest BCUT2D eigenvalue weighted by atomic mass is 10.1. The molecule has 0 aromatic carbocycles. The maximum absolute atomic E-state index is 12.0. The highest BCUT2D eigenvalue weighted by Gasteiger charge is 2.16. The molecule has 1 aliphatic rings. The number of aryl methyl sites for hydroxylation is 2. The Morgan fingerprint density at radius 2 is 1.95 bits per heavy atom. The Hall–Kier alpha value is -1.36. The number of hydrogen-bond donors (Lipinski definition) is 1. The van der Waals surface area contributed by atoms with Gasteiger partial charge in [-0.15, -0.1) is 0 Å². The van der Waals surface area contributed by atoms with E-state index in [9.17, 15) is 4.79 Å². The van der Waals surface area contributed by atoms with E-state index in [0.717, 1.165) is 37.3 Å². The van der Waals surface area contributed by atoms with E-state index < -0.39 is 0 Å². The topological polar surface area (TPSA) is 50.2 Å². The van der Waals surface area contributed by atoms with E-state index in [1.54, 1.807) is 0 Å². The summed E-state index contributed by atoms with van der Waals surface area (Å²) in [5.74, 6) is 0.221. The van der Waals surface area contributed by atoms with Crippen LogP contribution in [0.25, 0.3) is 0 Å². The van der Waals surface area contributed by atoms with Crippen LogP contribution in [-0.4, -0.2) is 40.2 Å². The van der Waals surface area contributed by atoms with Crippen LogP contribution < -0.4 is 5.32 Å². The van der Waals surface area contributed by atoms with Crippen molar-refractivity contribution >= 4 is 5.91 Å². The summed E-state index contributed by atoms with van der Waals surface area (Å²) < 4.78 is 1.89. The van der Waals surface area contributed by atoms with Crippen LogP contribution in [0.2, 0.25) is 0 Å². The molecule has 2 heterocycles. The SMILES string of the molecule is Cc1nn(C)c(C)c1CNCC(=O)N1CCCCC1. The van der Waals surface area contributed by atoms with E-state index in [0.29, 0.717) is 13.1 Å². The van der Waals surface area contributed by atoms with E-state index in [-0.39, 0.29) is 5.91 Å². The number of carbonyl (C=O) groups is 1. The van der Waals surface area contributed by atoms with Gasteiger partial charge in [0, 0.05) is 37.9 Å². The second-order valence-corrected chi connectivity index (χ2v) is 5.32. The molecule has 1 N–H and O–H groups in total. The average Bonchev–Trinajstić information content (AvgIpc) is 2.66. The highest BCUT2D eigenvalue weighted by molar-refractivity contribution is 5.78. The minimum Gasteiger partial charge on any atom is -0.342 e. The molecule has 0 saturated carbocycles. The molecule has 1 aliphatic heterocycles. The summed E-state index contributed by atoms with van der Waals surface area (Å²) in [6.45, 7) is 7.05. The lowest BCUT2D eigenvalue weighted by molar-refractivity contribution is -0.131. The van der Waals surface area contributed by atoms with Crippen LogP contribution in [0.1, 0.15) is 36.2 Å². The Bertz CT molecular complexity index is 447. The molecule has 0 radical (unpaired) electrons. The zero-order chi connectivity index (χ0) is 13.8. The Labute approximate surface area is 115 Å². The zero-order valence-corrected chi connectivity index (χ0v) is 12.2. The number of nitrogens with zero attached hydrogens (tertiary/aromatic N) is 3. The third kappa shape index (κ3) is 3.35. The third-order valence-electron chi connectivity index (χ3n) is 3.95. The molecule has 0 spiro atoms. The summed E-state index contributed by atoms with van der Waals surface area (Å²) in [7, 11) is 1.95. The van der Waals surface area contributed by atoms with Gasteiger partial charge in [-0.2, -0.15) is 5.10 Å². The van der Waals surface area contributed by atoms with Gasteiger partial charge in [0.05, 0.1) is 12.2 Å². The van der Waals surface area contributed by atoms with Crippen molar-refractivity contribution in [2.45, 2.75) is 39.7 Å². The lowest BCUT2D eigenvalue weighted by Gasteiger charge is -2.26. The molecule has 0 atom stereocenters. The average molecular weight is 264 g/mol. The van der Waals surface area contributed by atoms with Crippen LogP contribution in [0.5, 0.6) is 0 Å².